The Kier molecular flexibility index (Phi) is 2.52. The second kappa shape index (κ2) is 3.85. The molecule has 0 aliphatic carbocycles. The molecule has 3 heteroatoms. The van der Waals surface area contributed by atoms with Crippen LogP contribution in [0.1, 0.15) is 18.4 Å². The Bertz CT molecular complexity index is 596. The summed E-state index contributed by atoms with van der Waals surface area (Å²) in [5.41, 5.74) is 0.346. The van der Waals surface area contributed by atoms with Gasteiger partial charge in [-0.1, -0.05) is 31.2 Å². The molecule has 82 valence electrons. The molecule has 0 amide bonds. The SMILES string of the molecule is C=CC(C)c1c(O)c(=O)oc2ccccc12. The van der Waals surface area contributed by atoms with Crippen molar-refractivity contribution in [2.45, 2.75) is 12.8 Å². The molecule has 3 nitrogen and oxygen atoms in total. The Morgan fingerprint density at radius 3 is 2.81 bits per heavy atom. The van der Waals surface area contributed by atoms with Gasteiger partial charge in [-0.15, -0.1) is 6.58 Å². The average Bonchev–Trinajstić information content (AvgIpc) is 2.30. The maximum absolute atomic E-state index is 11.4. The maximum atomic E-state index is 11.4. The first-order chi connectivity index (χ1) is 7.65. The molecule has 16 heavy (non-hydrogen) atoms. The molecule has 1 aromatic heterocycles. The second-order valence-electron chi connectivity index (χ2n) is 3.67. The second-order valence-corrected chi connectivity index (χ2v) is 3.67. The zero-order chi connectivity index (χ0) is 11.7. The van der Waals surface area contributed by atoms with Crippen LogP contribution in [-0.2, 0) is 0 Å². The lowest BCUT2D eigenvalue weighted by molar-refractivity contribution is 0.420. The van der Waals surface area contributed by atoms with Gasteiger partial charge in [0.25, 0.3) is 0 Å². The van der Waals surface area contributed by atoms with Gasteiger partial charge in [-0.25, -0.2) is 4.79 Å². The van der Waals surface area contributed by atoms with E-state index in [0.717, 1.165) is 5.39 Å². The van der Waals surface area contributed by atoms with E-state index in [1.807, 2.05) is 19.1 Å². The quantitative estimate of drug-likeness (QED) is 0.620. The highest BCUT2D eigenvalue weighted by molar-refractivity contribution is 5.82. The highest BCUT2D eigenvalue weighted by atomic mass is 16.4. The van der Waals surface area contributed by atoms with Gasteiger partial charge in [0.05, 0.1) is 0 Å². The van der Waals surface area contributed by atoms with Crippen molar-refractivity contribution in [3.63, 3.8) is 0 Å². The van der Waals surface area contributed by atoms with E-state index in [1.54, 1.807) is 18.2 Å². The molecule has 0 fully saturated rings. The lowest BCUT2D eigenvalue weighted by Crippen LogP contribution is -2.04. The molecule has 0 radical (unpaired) electrons. The number of hydrogen-bond donors (Lipinski definition) is 1. The van der Waals surface area contributed by atoms with Crippen molar-refractivity contribution in [3.05, 3.63) is 52.9 Å². The first-order valence-electron chi connectivity index (χ1n) is 5.02. The molecule has 1 aromatic carbocycles. The predicted octanol–water partition coefficient (Wildman–Crippen LogP) is 2.79. The molecule has 1 atom stereocenters. The zero-order valence-corrected chi connectivity index (χ0v) is 8.93. The largest absolute Gasteiger partial charge is 0.502 e. The predicted molar refractivity (Wildman–Crippen MR) is 62.8 cm³/mol. The Balaban J connectivity index is 2.92. The van der Waals surface area contributed by atoms with Crippen molar-refractivity contribution in [1.82, 2.24) is 0 Å². The Morgan fingerprint density at radius 1 is 1.44 bits per heavy atom. The standard InChI is InChI=1S/C13H12O3/c1-3-8(2)11-9-6-4-5-7-10(9)16-13(15)12(11)14/h3-8,14H,1H2,2H3. The van der Waals surface area contributed by atoms with E-state index < -0.39 is 5.63 Å². The molecule has 2 rings (SSSR count). The average molecular weight is 216 g/mol. The number of rotatable bonds is 2. The summed E-state index contributed by atoms with van der Waals surface area (Å²) in [4.78, 5) is 11.4. The minimum Gasteiger partial charge on any atom is -0.502 e. The van der Waals surface area contributed by atoms with Gasteiger partial charge in [0.2, 0.25) is 5.75 Å². The van der Waals surface area contributed by atoms with Crippen molar-refractivity contribution in [1.29, 1.82) is 0 Å². The third-order valence-electron chi connectivity index (χ3n) is 2.64. The van der Waals surface area contributed by atoms with Crippen LogP contribution >= 0.6 is 0 Å². The van der Waals surface area contributed by atoms with Gasteiger partial charge >= 0.3 is 5.63 Å². The van der Waals surface area contributed by atoms with Crippen molar-refractivity contribution >= 4 is 11.0 Å². The molecule has 0 aliphatic rings. The van der Waals surface area contributed by atoms with E-state index in [2.05, 4.69) is 6.58 Å². The molecule has 0 spiro atoms. The zero-order valence-electron chi connectivity index (χ0n) is 8.93. The maximum Gasteiger partial charge on any atom is 0.379 e. The summed E-state index contributed by atoms with van der Waals surface area (Å²) < 4.78 is 4.99. The lowest BCUT2D eigenvalue weighted by Gasteiger charge is -2.10. The van der Waals surface area contributed by atoms with E-state index in [1.165, 1.54) is 0 Å². The fourth-order valence-corrected chi connectivity index (χ4v) is 1.74. The summed E-state index contributed by atoms with van der Waals surface area (Å²) in [6.07, 6.45) is 1.68. The van der Waals surface area contributed by atoms with E-state index in [-0.39, 0.29) is 11.7 Å². The number of fused-ring (bicyclic) bond motifs is 1. The molecule has 1 heterocycles. The number of benzene rings is 1. The van der Waals surface area contributed by atoms with Crippen LogP contribution in [0.15, 0.2) is 46.1 Å². The van der Waals surface area contributed by atoms with Crippen LogP contribution in [0.2, 0.25) is 0 Å². The Labute approximate surface area is 92.6 Å². The summed E-state index contributed by atoms with van der Waals surface area (Å²) in [7, 11) is 0. The Morgan fingerprint density at radius 2 is 2.12 bits per heavy atom. The fourth-order valence-electron chi connectivity index (χ4n) is 1.74. The van der Waals surface area contributed by atoms with Crippen LogP contribution in [0.5, 0.6) is 5.75 Å². The van der Waals surface area contributed by atoms with Gasteiger partial charge in [0.1, 0.15) is 5.58 Å². The summed E-state index contributed by atoms with van der Waals surface area (Å²) in [6, 6.07) is 7.13. The first kappa shape index (κ1) is 10.5. The first-order valence-corrected chi connectivity index (χ1v) is 5.02. The van der Waals surface area contributed by atoms with Crippen molar-refractivity contribution in [2.24, 2.45) is 0 Å². The number of aromatic hydroxyl groups is 1. The van der Waals surface area contributed by atoms with Crippen LogP contribution in [0.25, 0.3) is 11.0 Å². The molecule has 0 saturated carbocycles. The van der Waals surface area contributed by atoms with Gasteiger partial charge < -0.3 is 9.52 Å². The molecule has 1 unspecified atom stereocenters. The smallest absolute Gasteiger partial charge is 0.379 e. The lowest BCUT2D eigenvalue weighted by atomic mass is 9.97. The molecule has 0 saturated heterocycles. The summed E-state index contributed by atoms with van der Waals surface area (Å²) >= 11 is 0. The van der Waals surface area contributed by atoms with Gasteiger partial charge in [-0.05, 0) is 6.07 Å². The third kappa shape index (κ3) is 1.50. The highest BCUT2D eigenvalue weighted by Crippen LogP contribution is 2.30. The molecular weight excluding hydrogens is 204 g/mol. The number of para-hydroxylation sites is 1. The van der Waals surface area contributed by atoms with Crippen LogP contribution in [0, 0.1) is 0 Å². The van der Waals surface area contributed by atoms with Gasteiger partial charge in [0.15, 0.2) is 0 Å². The van der Waals surface area contributed by atoms with E-state index in [0.29, 0.717) is 11.1 Å². The Hall–Kier alpha value is -2.03. The molecular formula is C13H12O3. The molecule has 1 N–H and O–H groups in total. The van der Waals surface area contributed by atoms with E-state index in [9.17, 15) is 9.90 Å². The normalized spacial score (nSPS) is 12.6. The summed E-state index contributed by atoms with van der Waals surface area (Å²) in [6.45, 7) is 5.54. The summed E-state index contributed by atoms with van der Waals surface area (Å²) in [5.74, 6) is -0.430. The van der Waals surface area contributed by atoms with Gasteiger partial charge in [-0.3, -0.25) is 0 Å². The van der Waals surface area contributed by atoms with Crippen molar-refractivity contribution in [3.8, 4) is 5.75 Å². The monoisotopic (exact) mass is 216 g/mol. The fraction of sp³-hybridized carbons (Fsp3) is 0.154. The van der Waals surface area contributed by atoms with Gasteiger partial charge in [0, 0.05) is 16.9 Å². The number of allylic oxidation sites excluding steroid dienone is 1. The van der Waals surface area contributed by atoms with Crippen molar-refractivity contribution in [2.75, 3.05) is 0 Å². The minimum absolute atomic E-state index is 0.103. The van der Waals surface area contributed by atoms with Crippen LogP contribution in [0.3, 0.4) is 0 Å². The van der Waals surface area contributed by atoms with Crippen molar-refractivity contribution < 1.29 is 9.52 Å². The highest BCUT2D eigenvalue weighted by Gasteiger charge is 2.16. The molecule has 2 aromatic rings. The van der Waals surface area contributed by atoms with E-state index >= 15 is 0 Å². The van der Waals surface area contributed by atoms with E-state index in [4.69, 9.17) is 4.42 Å². The third-order valence-corrected chi connectivity index (χ3v) is 2.64. The minimum atomic E-state index is -0.706. The number of hydrogen-bond acceptors (Lipinski definition) is 3. The van der Waals surface area contributed by atoms with Gasteiger partial charge in [-0.2, -0.15) is 0 Å². The van der Waals surface area contributed by atoms with Crippen LogP contribution in [-0.4, -0.2) is 5.11 Å². The molecule has 0 bridgehead atoms. The molecule has 0 aliphatic heterocycles. The summed E-state index contributed by atoms with van der Waals surface area (Å²) in [5, 5.41) is 10.5. The van der Waals surface area contributed by atoms with Crippen LogP contribution < -0.4 is 5.63 Å². The van der Waals surface area contributed by atoms with Crippen LogP contribution in [0.4, 0.5) is 0 Å². The topological polar surface area (TPSA) is 50.4 Å².